The second kappa shape index (κ2) is 4.84. The molecular weight excluding hydrogens is 230 g/mol. The van der Waals surface area contributed by atoms with Gasteiger partial charge in [0, 0.05) is 4.75 Å². The molecule has 1 heterocycles. The van der Waals surface area contributed by atoms with Crippen LogP contribution in [0.2, 0.25) is 0 Å². The zero-order chi connectivity index (χ0) is 12.3. The summed E-state index contributed by atoms with van der Waals surface area (Å²) in [5, 5.41) is 12.5. The maximum absolute atomic E-state index is 10.8. The van der Waals surface area contributed by atoms with Crippen LogP contribution in [0, 0.1) is 6.92 Å². The summed E-state index contributed by atoms with van der Waals surface area (Å²) in [6.45, 7) is 5.28. The van der Waals surface area contributed by atoms with Gasteiger partial charge < -0.3 is 15.4 Å². The molecule has 16 heavy (non-hydrogen) atoms. The first-order valence-corrected chi connectivity index (χ1v) is 5.73. The van der Waals surface area contributed by atoms with E-state index in [1.54, 1.807) is 20.8 Å². The zero-order valence-electron chi connectivity index (χ0n) is 9.43. The highest BCUT2D eigenvalue weighted by molar-refractivity contribution is 7.99. The van der Waals surface area contributed by atoms with Crippen molar-refractivity contribution >= 4 is 17.7 Å². The topological polar surface area (TPSA) is 102 Å². The summed E-state index contributed by atoms with van der Waals surface area (Å²) in [6.07, 6.45) is 0. The number of carboxylic acids is 1. The molecule has 1 rings (SSSR count). The van der Waals surface area contributed by atoms with Crippen molar-refractivity contribution in [2.75, 3.05) is 0 Å². The highest BCUT2D eigenvalue weighted by Crippen LogP contribution is 2.30. The van der Waals surface area contributed by atoms with Gasteiger partial charge in [0.1, 0.15) is 6.04 Å². The van der Waals surface area contributed by atoms with E-state index in [4.69, 9.17) is 15.4 Å². The van der Waals surface area contributed by atoms with Crippen molar-refractivity contribution in [2.45, 2.75) is 37.3 Å². The first kappa shape index (κ1) is 13.0. The Morgan fingerprint density at radius 2 is 2.31 bits per heavy atom. The highest BCUT2D eigenvalue weighted by Gasteiger charge is 2.32. The molecule has 0 unspecified atom stereocenters. The molecule has 7 heteroatoms. The van der Waals surface area contributed by atoms with Crippen LogP contribution in [0.25, 0.3) is 0 Å². The maximum atomic E-state index is 10.8. The van der Waals surface area contributed by atoms with Gasteiger partial charge in [0.25, 0.3) is 0 Å². The van der Waals surface area contributed by atoms with Gasteiger partial charge in [0.15, 0.2) is 5.82 Å². The fourth-order valence-electron chi connectivity index (χ4n) is 1.03. The Balaban J connectivity index is 2.57. The largest absolute Gasteiger partial charge is 0.480 e. The average molecular weight is 245 g/mol. The molecule has 0 fully saturated rings. The quantitative estimate of drug-likeness (QED) is 0.791. The molecule has 1 atom stereocenters. The summed E-state index contributed by atoms with van der Waals surface area (Å²) in [5.74, 6) is 0.484. The van der Waals surface area contributed by atoms with Gasteiger partial charge in [-0.05, 0) is 20.8 Å². The second-order valence-corrected chi connectivity index (χ2v) is 5.57. The van der Waals surface area contributed by atoms with E-state index in [0.717, 1.165) is 0 Å². The Morgan fingerprint density at radius 3 is 2.75 bits per heavy atom. The summed E-state index contributed by atoms with van der Waals surface area (Å²) < 4.78 is 4.34. The van der Waals surface area contributed by atoms with Crippen LogP contribution in [0.1, 0.15) is 25.6 Å². The van der Waals surface area contributed by atoms with Gasteiger partial charge >= 0.3 is 5.97 Å². The van der Waals surface area contributed by atoms with Gasteiger partial charge in [-0.2, -0.15) is 4.98 Å². The first-order chi connectivity index (χ1) is 7.33. The number of hydrogen-bond donors (Lipinski definition) is 2. The fraction of sp³-hybridized carbons (Fsp3) is 0.667. The van der Waals surface area contributed by atoms with Gasteiger partial charge in [-0.25, -0.2) is 0 Å². The normalized spacial score (nSPS) is 13.8. The van der Waals surface area contributed by atoms with E-state index in [1.165, 1.54) is 11.8 Å². The molecule has 0 aliphatic rings. The number of thioether (sulfide) groups is 1. The van der Waals surface area contributed by atoms with E-state index in [-0.39, 0.29) is 0 Å². The molecule has 1 aromatic heterocycles. The second-order valence-electron chi connectivity index (χ2n) is 3.94. The fourth-order valence-corrected chi connectivity index (χ4v) is 1.93. The maximum Gasteiger partial charge on any atom is 0.321 e. The summed E-state index contributed by atoms with van der Waals surface area (Å²) >= 11 is 1.38. The molecule has 0 aromatic carbocycles. The molecule has 0 amide bonds. The van der Waals surface area contributed by atoms with Crippen LogP contribution in [-0.4, -0.2) is 32.0 Å². The third-order valence-electron chi connectivity index (χ3n) is 2.15. The zero-order valence-corrected chi connectivity index (χ0v) is 10.2. The molecule has 0 saturated heterocycles. The SMILES string of the molecule is Cc1noc(CSC(C)(C)[C@@H](N)C(=O)O)n1. The minimum absolute atomic E-state index is 0.453. The molecule has 0 aliphatic carbocycles. The summed E-state index contributed by atoms with van der Waals surface area (Å²) in [5.41, 5.74) is 5.58. The van der Waals surface area contributed by atoms with Gasteiger partial charge in [-0.3, -0.25) is 4.79 Å². The molecule has 0 radical (unpaired) electrons. The standard InChI is InChI=1S/C9H15N3O3S/c1-5-11-6(15-12-5)4-16-9(2,3)7(10)8(13)14/h7H,4,10H2,1-3H3,(H,13,14)/t7-/m0/s1. The Labute approximate surface area is 97.6 Å². The molecule has 0 aliphatic heterocycles. The van der Waals surface area contributed by atoms with Crippen molar-refractivity contribution in [1.29, 1.82) is 0 Å². The van der Waals surface area contributed by atoms with Crippen LogP contribution < -0.4 is 5.73 Å². The minimum atomic E-state index is -1.01. The lowest BCUT2D eigenvalue weighted by molar-refractivity contribution is -0.139. The number of carboxylic acid groups (broad SMARTS) is 1. The van der Waals surface area contributed by atoms with E-state index >= 15 is 0 Å². The van der Waals surface area contributed by atoms with Gasteiger partial charge in [-0.15, -0.1) is 11.8 Å². The number of aryl methyl sites for hydroxylation is 1. The van der Waals surface area contributed by atoms with E-state index < -0.39 is 16.8 Å². The predicted molar refractivity (Wildman–Crippen MR) is 60.0 cm³/mol. The van der Waals surface area contributed by atoms with Crippen LogP contribution in [0.4, 0.5) is 0 Å². The monoisotopic (exact) mass is 245 g/mol. The average Bonchev–Trinajstić information content (AvgIpc) is 2.60. The van der Waals surface area contributed by atoms with E-state index in [9.17, 15) is 4.79 Å². The van der Waals surface area contributed by atoms with Gasteiger partial charge in [-0.1, -0.05) is 5.16 Å². The predicted octanol–water partition coefficient (Wildman–Crippen LogP) is 0.802. The van der Waals surface area contributed by atoms with Crippen molar-refractivity contribution in [3.8, 4) is 0 Å². The van der Waals surface area contributed by atoms with Crippen molar-refractivity contribution in [1.82, 2.24) is 10.1 Å². The van der Waals surface area contributed by atoms with Crippen LogP contribution in [0.15, 0.2) is 4.52 Å². The number of aliphatic carboxylic acids is 1. The Bertz CT molecular complexity index is 378. The van der Waals surface area contributed by atoms with Gasteiger partial charge in [0.05, 0.1) is 5.75 Å². The van der Waals surface area contributed by atoms with E-state index in [2.05, 4.69) is 10.1 Å². The lowest BCUT2D eigenvalue weighted by atomic mass is 10.1. The lowest BCUT2D eigenvalue weighted by Gasteiger charge is -2.27. The van der Waals surface area contributed by atoms with Crippen LogP contribution in [0.3, 0.4) is 0 Å². The molecular formula is C9H15N3O3S. The third-order valence-corrected chi connectivity index (χ3v) is 3.54. The summed E-state index contributed by atoms with van der Waals surface area (Å²) in [4.78, 5) is 14.8. The molecule has 3 N–H and O–H groups in total. The van der Waals surface area contributed by atoms with Crippen molar-refractivity contribution in [3.63, 3.8) is 0 Å². The van der Waals surface area contributed by atoms with Gasteiger partial charge in [0.2, 0.25) is 5.89 Å². The molecule has 1 aromatic rings. The van der Waals surface area contributed by atoms with Crippen molar-refractivity contribution in [3.05, 3.63) is 11.7 Å². The Hall–Kier alpha value is -1.08. The number of carbonyl (C=O) groups is 1. The number of hydrogen-bond acceptors (Lipinski definition) is 6. The smallest absolute Gasteiger partial charge is 0.321 e. The third kappa shape index (κ3) is 3.21. The molecule has 0 spiro atoms. The molecule has 90 valence electrons. The molecule has 6 nitrogen and oxygen atoms in total. The number of aromatic nitrogens is 2. The van der Waals surface area contributed by atoms with Crippen LogP contribution in [-0.2, 0) is 10.5 Å². The Morgan fingerprint density at radius 1 is 1.69 bits per heavy atom. The van der Waals surface area contributed by atoms with Crippen LogP contribution >= 0.6 is 11.8 Å². The summed E-state index contributed by atoms with van der Waals surface area (Å²) in [7, 11) is 0. The van der Waals surface area contributed by atoms with E-state index in [0.29, 0.717) is 17.5 Å². The van der Waals surface area contributed by atoms with Crippen molar-refractivity contribution in [2.24, 2.45) is 5.73 Å². The number of nitrogens with two attached hydrogens (primary N) is 1. The number of nitrogens with zero attached hydrogens (tertiary/aromatic N) is 2. The molecule has 0 saturated carbocycles. The lowest BCUT2D eigenvalue weighted by Crippen LogP contribution is -2.46. The molecule has 0 bridgehead atoms. The highest BCUT2D eigenvalue weighted by atomic mass is 32.2. The Kier molecular flexibility index (Phi) is 3.93. The first-order valence-electron chi connectivity index (χ1n) is 4.74. The minimum Gasteiger partial charge on any atom is -0.480 e. The van der Waals surface area contributed by atoms with Crippen LogP contribution in [0.5, 0.6) is 0 Å². The number of rotatable bonds is 5. The van der Waals surface area contributed by atoms with Crippen molar-refractivity contribution < 1.29 is 14.4 Å². The summed E-state index contributed by atoms with van der Waals surface area (Å²) in [6, 6.07) is -0.929. The van der Waals surface area contributed by atoms with E-state index in [1.807, 2.05) is 0 Å².